The number of amides is 1. The number of thiophene rings is 1. The fourth-order valence-corrected chi connectivity index (χ4v) is 4.25. The second kappa shape index (κ2) is 6.83. The zero-order chi connectivity index (χ0) is 14.9. The van der Waals surface area contributed by atoms with Crippen LogP contribution in [0.3, 0.4) is 0 Å². The summed E-state index contributed by atoms with van der Waals surface area (Å²) in [5.74, 6) is 0.0871. The fourth-order valence-electron chi connectivity index (χ4n) is 2.10. The van der Waals surface area contributed by atoms with Crippen LogP contribution in [0.25, 0.3) is 0 Å². The zero-order valence-electron chi connectivity index (χ0n) is 10.9. The van der Waals surface area contributed by atoms with E-state index in [1.807, 2.05) is 17.9 Å². The first-order valence-electron chi connectivity index (χ1n) is 6.17. The van der Waals surface area contributed by atoms with Crippen LogP contribution in [0, 0.1) is 0 Å². The maximum absolute atomic E-state index is 12.4. The van der Waals surface area contributed by atoms with Crippen molar-refractivity contribution in [3.63, 3.8) is 0 Å². The summed E-state index contributed by atoms with van der Waals surface area (Å²) in [5, 5.41) is 0. The van der Waals surface area contributed by atoms with Crippen LogP contribution in [0.2, 0.25) is 0 Å². The Hall–Kier alpha value is -0.0200. The van der Waals surface area contributed by atoms with E-state index in [0.717, 1.165) is 26.2 Å². The van der Waals surface area contributed by atoms with Gasteiger partial charge in [-0.05, 0) is 44.8 Å². The molecule has 4 nitrogen and oxygen atoms in total. The van der Waals surface area contributed by atoms with Crippen molar-refractivity contribution in [2.75, 3.05) is 26.2 Å². The number of nitrogens with two attached hydrogens (primary N) is 1. The molecule has 0 radical (unpaired) electrons. The number of carbonyl (C=O) groups is 1. The molecule has 2 heterocycles. The lowest BCUT2D eigenvalue weighted by Crippen LogP contribution is -2.53. The van der Waals surface area contributed by atoms with Crippen LogP contribution in [0.15, 0.2) is 14.3 Å². The number of rotatable bonds is 3. The van der Waals surface area contributed by atoms with Crippen molar-refractivity contribution in [2.24, 2.45) is 5.73 Å². The van der Waals surface area contributed by atoms with Gasteiger partial charge in [0.05, 0.1) is 19.7 Å². The molecule has 1 amide bonds. The van der Waals surface area contributed by atoms with E-state index in [1.165, 1.54) is 11.3 Å². The third-order valence-corrected chi connectivity index (χ3v) is 7.00. The van der Waals surface area contributed by atoms with E-state index in [2.05, 4.69) is 36.8 Å². The van der Waals surface area contributed by atoms with Crippen LogP contribution in [0.1, 0.15) is 16.6 Å². The molecule has 2 rings (SSSR count). The van der Waals surface area contributed by atoms with Crippen molar-refractivity contribution in [1.29, 1.82) is 0 Å². The molecule has 20 heavy (non-hydrogen) atoms. The molecule has 1 fully saturated rings. The van der Waals surface area contributed by atoms with Gasteiger partial charge in [0.25, 0.3) is 5.91 Å². The molecule has 1 atom stereocenters. The average molecular weight is 441 g/mol. The second-order valence-corrected chi connectivity index (χ2v) is 8.33. The summed E-state index contributed by atoms with van der Waals surface area (Å²) in [4.78, 5) is 17.8. The van der Waals surface area contributed by atoms with E-state index in [1.54, 1.807) is 0 Å². The molecule has 2 N–H and O–H groups in total. The Bertz CT molecular complexity index is 507. The van der Waals surface area contributed by atoms with Crippen molar-refractivity contribution < 1.29 is 4.79 Å². The molecule has 0 saturated carbocycles. The molecule has 0 bridgehead atoms. The monoisotopic (exact) mass is 439 g/mol. The van der Waals surface area contributed by atoms with E-state index < -0.39 is 0 Å². The summed E-state index contributed by atoms with van der Waals surface area (Å²) in [6.07, 6.45) is 0. The van der Waals surface area contributed by atoms with Crippen LogP contribution in [-0.4, -0.2) is 52.9 Å². The van der Waals surface area contributed by atoms with Gasteiger partial charge in [0.15, 0.2) is 0 Å². The lowest BCUT2D eigenvalue weighted by Gasteiger charge is -2.37. The molecule has 0 aromatic carbocycles. The van der Waals surface area contributed by atoms with E-state index in [-0.39, 0.29) is 11.9 Å². The number of nitrogens with zero attached hydrogens (tertiary/aromatic N) is 2. The van der Waals surface area contributed by atoms with Gasteiger partial charge in [0.1, 0.15) is 0 Å². The highest BCUT2D eigenvalue weighted by molar-refractivity contribution is 9.13. The minimum atomic E-state index is 0.0871. The predicted octanol–water partition coefficient (Wildman–Crippen LogP) is 2.71. The second-order valence-electron chi connectivity index (χ2n) is 4.64. The van der Waals surface area contributed by atoms with Gasteiger partial charge in [-0.3, -0.25) is 9.69 Å². The Morgan fingerprint density at radius 1 is 1.40 bits per heavy atom. The molecule has 1 aromatic heterocycles. The Labute approximate surface area is 144 Å². The molecule has 1 unspecified atom stereocenters. The maximum atomic E-state index is 12.4. The Morgan fingerprint density at radius 2 is 2.00 bits per heavy atom. The minimum Gasteiger partial charge on any atom is -0.392 e. The van der Waals surface area contributed by atoms with E-state index in [9.17, 15) is 4.79 Å². The molecular formula is C12H15Br2N3OS2. The maximum Gasteiger partial charge on any atom is 0.264 e. The minimum absolute atomic E-state index is 0.0871. The zero-order valence-corrected chi connectivity index (χ0v) is 15.7. The number of hydrogen-bond donors (Lipinski definition) is 1. The van der Waals surface area contributed by atoms with Crippen molar-refractivity contribution >= 4 is 66.3 Å². The van der Waals surface area contributed by atoms with Crippen LogP contribution < -0.4 is 5.73 Å². The summed E-state index contributed by atoms with van der Waals surface area (Å²) in [5.41, 5.74) is 5.67. The van der Waals surface area contributed by atoms with Crippen molar-refractivity contribution in [2.45, 2.75) is 13.0 Å². The van der Waals surface area contributed by atoms with Gasteiger partial charge >= 0.3 is 0 Å². The van der Waals surface area contributed by atoms with Gasteiger partial charge in [-0.1, -0.05) is 12.2 Å². The van der Waals surface area contributed by atoms with E-state index in [4.69, 9.17) is 18.0 Å². The topological polar surface area (TPSA) is 49.6 Å². The summed E-state index contributed by atoms with van der Waals surface area (Å²) < 4.78 is 1.87. The van der Waals surface area contributed by atoms with Crippen molar-refractivity contribution in [3.05, 3.63) is 19.2 Å². The normalized spacial score (nSPS) is 18.1. The Balaban J connectivity index is 1.97. The molecule has 0 aliphatic carbocycles. The van der Waals surface area contributed by atoms with Gasteiger partial charge in [0.2, 0.25) is 0 Å². The number of thiocarbonyl (C=S) groups is 1. The van der Waals surface area contributed by atoms with Crippen molar-refractivity contribution in [1.82, 2.24) is 9.80 Å². The summed E-state index contributed by atoms with van der Waals surface area (Å²) in [6.45, 7) is 5.03. The largest absolute Gasteiger partial charge is 0.392 e. The highest BCUT2D eigenvalue weighted by Crippen LogP contribution is 2.33. The number of carbonyl (C=O) groups excluding carboxylic acids is 1. The number of hydrogen-bond acceptors (Lipinski definition) is 4. The lowest BCUT2D eigenvalue weighted by atomic mass is 10.2. The first-order valence-corrected chi connectivity index (χ1v) is 8.98. The molecule has 8 heteroatoms. The highest BCUT2D eigenvalue weighted by atomic mass is 79.9. The van der Waals surface area contributed by atoms with E-state index >= 15 is 0 Å². The van der Waals surface area contributed by atoms with Crippen LogP contribution in [-0.2, 0) is 0 Å². The highest BCUT2D eigenvalue weighted by Gasteiger charge is 2.26. The predicted molar refractivity (Wildman–Crippen MR) is 93.4 cm³/mol. The third kappa shape index (κ3) is 3.59. The van der Waals surface area contributed by atoms with E-state index in [0.29, 0.717) is 18.1 Å². The van der Waals surface area contributed by atoms with Crippen LogP contribution >= 0.6 is 55.4 Å². The van der Waals surface area contributed by atoms with Crippen LogP contribution in [0.5, 0.6) is 0 Å². The van der Waals surface area contributed by atoms with Gasteiger partial charge < -0.3 is 10.6 Å². The SMILES string of the molecule is CC(C(N)=S)N1CCN(C(=O)c2cc(Br)c(Br)s2)CC1. The Kier molecular flexibility index (Phi) is 5.58. The third-order valence-electron chi connectivity index (χ3n) is 3.42. The molecular weight excluding hydrogens is 426 g/mol. The van der Waals surface area contributed by atoms with Crippen LogP contribution in [0.4, 0.5) is 0 Å². The molecule has 0 spiro atoms. The average Bonchev–Trinajstić information content (AvgIpc) is 2.77. The molecule has 110 valence electrons. The lowest BCUT2D eigenvalue weighted by molar-refractivity contribution is 0.0626. The summed E-state index contributed by atoms with van der Waals surface area (Å²) in [7, 11) is 0. The van der Waals surface area contributed by atoms with Crippen molar-refractivity contribution in [3.8, 4) is 0 Å². The molecule has 1 aromatic rings. The summed E-state index contributed by atoms with van der Waals surface area (Å²) in [6, 6.07) is 1.95. The molecule has 1 aliphatic heterocycles. The fraction of sp³-hybridized carbons (Fsp3) is 0.500. The van der Waals surface area contributed by atoms with Gasteiger partial charge in [-0.2, -0.15) is 0 Å². The Morgan fingerprint density at radius 3 is 2.45 bits per heavy atom. The number of piperazine rings is 1. The standard InChI is InChI=1S/C12H15Br2N3OS2/c1-7(11(15)19)16-2-4-17(5-3-16)12(18)9-6-8(13)10(14)20-9/h6-7H,2-5H2,1H3,(H2,15,19). The number of halogens is 2. The first kappa shape index (κ1) is 16.4. The van der Waals surface area contributed by atoms with Gasteiger partial charge in [-0.25, -0.2) is 0 Å². The summed E-state index contributed by atoms with van der Waals surface area (Å²) >= 11 is 13.3. The molecule has 1 saturated heterocycles. The first-order chi connectivity index (χ1) is 9.40. The smallest absolute Gasteiger partial charge is 0.264 e. The van der Waals surface area contributed by atoms with Gasteiger partial charge in [0, 0.05) is 30.7 Å². The quantitative estimate of drug-likeness (QED) is 0.734. The molecule has 1 aliphatic rings. The van der Waals surface area contributed by atoms with Gasteiger partial charge in [-0.15, -0.1) is 11.3 Å².